The van der Waals surface area contributed by atoms with E-state index < -0.39 is 0 Å². The van der Waals surface area contributed by atoms with E-state index in [0.29, 0.717) is 0 Å². The minimum Gasteiger partial charge on any atom is -0.496 e. The van der Waals surface area contributed by atoms with Crippen molar-refractivity contribution in [2.24, 2.45) is 5.92 Å². The Morgan fingerprint density at radius 1 is 1.50 bits per heavy atom. The zero-order valence-electron chi connectivity index (χ0n) is 12.5. The van der Waals surface area contributed by atoms with Crippen molar-refractivity contribution in [3.05, 3.63) is 29.3 Å². The molecule has 4 nitrogen and oxygen atoms in total. The van der Waals surface area contributed by atoms with Gasteiger partial charge in [0.25, 0.3) is 0 Å². The molecule has 1 aromatic rings. The number of rotatable bonds is 4. The largest absolute Gasteiger partial charge is 0.496 e. The zero-order chi connectivity index (χ0) is 14.5. The molecular formula is C16H24N2O2. The minimum atomic E-state index is -0.0423. The Labute approximate surface area is 120 Å². The molecule has 4 heteroatoms. The van der Waals surface area contributed by atoms with Crippen LogP contribution >= 0.6 is 0 Å². The molecule has 1 aromatic carbocycles. The van der Waals surface area contributed by atoms with Gasteiger partial charge in [-0.2, -0.15) is 0 Å². The molecule has 20 heavy (non-hydrogen) atoms. The monoisotopic (exact) mass is 276 g/mol. The molecule has 0 aliphatic carbocycles. The van der Waals surface area contributed by atoms with Crippen LogP contribution in [0.1, 0.15) is 36.9 Å². The van der Waals surface area contributed by atoms with Gasteiger partial charge in [0.2, 0.25) is 5.91 Å². The van der Waals surface area contributed by atoms with E-state index in [0.717, 1.165) is 37.2 Å². The van der Waals surface area contributed by atoms with Crippen molar-refractivity contribution in [2.45, 2.75) is 32.7 Å². The van der Waals surface area contributed by atoms with Crippen LogP contribution in [0.5, 0.6) is 5.75 Å². The molecule has 1 amide bonds. The van der Waals surface area contributed by atoms with E-state index in [9.17, 15) is 4.79 Å². The lowest BCUT2D eigenvalue weighted by Gasteiger charge is -2.25. The highest BCUT2D eigenvalue weighted by atomic mass is 16.5. The standard InChI is InChI=1S/C16H24N2O2/c1-11-6-7-15(20-3)14(9-11)12(2)18-16(19)13-5-4-8-17-10-13/h6-7,9,12-13,17H,4-5,8,10H2,1-3H3,(H,18,19)/t12?,13-/m0/s1. The van der Waals surface area contributed by atoms with Crippen molar-refractivity contribution in [3.63, 3.8) is 0 Å². The maximum absolute atomic E-state index is 12.3. The summed E-state index contributed by atoms with van der Waals surface area (Å²) in [6.45, 7) is 5.85. The van der Waals surface area contributed by atoms with Gasteiger partial charge in [-0.25, -0.2) is 0 Å². The highest BCUT2D eigenvalue weighted by molar-refractivity contribution is 5.79. The average molecular weight is 276 g/mol. The lowest BCUT2D eigenvalue weighted by atomic mass is 9.97. The van der Waals surface area contributed by atoms with Crippen molar-refractivity contribution in [1.29, 1.82) is 0 Å². The first-order valence-corrected chi connectivity index (χ1v) is 7.27. The summed E-state index contributed by atoms with van der Waals surface area (Å²) in [6.07, 6.45) is 2.04. The SMILES string of the molecule is COc1ccc(C)cc1C(C)NC(=O)[C@H]1CCCNC1. The van der Waals surface area contributed by atoms with Crippen molar-refractivity contribution in [2.75, 3.05) is 20.2 Å². The van der Waals surface area contributed by atoms with Crippen LogP contribution in [0.4, 0.5) is 0 Å². The van der Waals surface area contributed by atoms with Gasteiger partial charge in [-0.05, 0) is 39.3 Å². The third-order valence-electron chi connectivity index (χ3n) is 3.88. The second-order valence-electron chi connectivity index (χ2n) is 5.52. The van der Waals surface area contributed by atoms with Crippen molar-refractivity contribution in [1.82, 2.24) is 10.6 Å². The number of benzene rings is 1. The number of amides is 1. The summed E-state index contributed by atoms with van der Waals surface area (Å²) in [5, 5.41) is 6.38. The molecule has 1 saturated heterocycles. The number of aryl methyl sites for hydroxylation is 1. The Morgan fingerprint density at radius 2 is 2.30 bits per heavy atom. The summed E-state index contributed by atoms with van der Waals surface area (Å²) in [5.41, 5.74) is 2.20. The molecular weight excluding hydrogens is 252 g/mol. The second-order valence-corrected chi connectivity index (χ2v) is 5.52. The fraction of sp³-hybridized carbons (Fsp3) is 0.562. The van der Waals surface area contributed by atoms with Crippen LogP contribution in [0.25, 0.3) is 0 Å². The lowest BCUT2D eigenvalue weighted by molar-refractivity contribution is -0.126. The lowest BCUT2D eigenvalue weighted by Crippen LogP contribution is -2.41. The molecule has 1 unspecified atom stereocenters. The first kappa shape index (κ1) is 14.9. The van der Waals surface area contributed by atoms with E-state index >= 15 is 0 Å². The molecule has 1 fully saturated rings. The summed E-state index contributed by atoms with van der Waals surface area (Å²) in [5.74, 6) is 1.04. The van der Waals surface area contributed by atoms with Gasteiger partial charge >= 0.3 is 0 Å². The Balaban J connectivity index is 2.05. The fourth-order valence-corrected chi connectivity index (χ4v) is 2.68. The van der Waals surface area contributed by atoms with E-state index in [1.807, 2.05) is 26.0 Å². The summed E-state index contributed by atoms with van der Waals surface area (Å²) < 4.78 is 5.38. The van der Waals surface area contributed by atoms with Gasteiger partial charge < -0.3 is 15.4 Å². The van der Waals surface area contributed by atoms with Crippen LogP contribution in [0, 0.1) is 12.8 Å². The van der Waals surface area contributed by atoms with Gasteiger partial charge in [0.15, 0.2) is 0 Å². The molecule has 2 N–H and O–H groups in total. The Hall–Kier alpha value is -1.55. The Kier molecular flexibility index (Phi) is 5.01. The molecule has 0 bridgehead atoms. The number of ether oxygens (including phenoxy) is 1. The number of carbonyl (C=O) groups excluding carboxylic acids is 1. The quantitative estimate of drug-likeness (QED) is 0.886. The molecule has 0 aromatic heterocycles. The predicted molar refractivity (Wildman–Crippen MR) is 79.9 cm³/mol. The first-order chi connectivity index (χ1) is 9.61. The van der Waals surface area contributed by atoms with Crippen LogP contribution < -0.4 is 15.4 Å². The molecule has 2 rings (SSSR count). The Morgan fingerprint density at radius 3 is 2.95 bits per heavy atom. The van der Waals surface area contributed by atoms with Crippen molar-refractivity contribution < 1.29 is 9.53 Å². The Bertz CT molecular complexity index is 468. The highest BCUT2D eigenvalue weighted by Gasteiger charge is 2.23. The average Bonchev–Trinajstić information content (AvgIpc) is 2.48. The van der Waals surface area contributed by atoms with Gasteiger partial charge in [0.05, 0.1) is 19.1 Å². The normalized spacial score (nSPS) is 20.2. The van der Waals surface area contributed by atoms with Crippen LogP contribution in [0.2, 0.25) is 0 Å². The zero-order valence-corrected chi connectivity index (χ0v) is 12.5. The van der Waals surface area contributed by atoms with Gasteiger partial charge in [-0.15, -0.1) is 0 Å². The van der Waals surface area contributed by atoms with Crippen molar-refractivity contribution >= 4 is 5.91 Å². The van der Waals surface area contributed by atoms with Gasteiger partial charge in [0, 0.05) is 12.1 Å². The van der Waals surface area contributed by atoms with Gasteiger partial charge in [0.1, 0.15) is 5.75 Å². The number of nitrogens with one attached hydrogen (secondary N) is 2. The molecule has 1 aliphatic heterocycles. The smallest absolute Gasteiger partial charge is 0.224 e. The van der Waals surface area contributed by atoms with Crippen molar-refractivity contribution in [3.8, 4) is 5.75 Å². The molecule has 1 heterocycles. The van der Waals surface area contributed by atoms with Gasteiger partial charge in [-0.1, -0.05) is 17.7 Å². The molecule has 0 spiro atoms. The highest BCUT2D eigenvalue weighted by Crippen LogP contribution is 2.26. The third kappa shape index (κ3) is 3.51. The van der Waals surface area contributed by atoms with Crippen LogP contribution in [0.15, 0.2) is 18.2 Å². The van der Waals surface area contributed by atoms with Gasteiger partial charge in [-0.3, -0.25) is 4.79 Å². The van der Waals surface area contributed by atoms with E-state index in [4.69, 9.17) is 4.74 Å². The summed E-state index contributed by atoms with van der Waals surface area (Å²) in [6, 6.07) is 6.00. The minimum absolute atomic E-state index is 0.0423. The maximum atomic E-state index is 12.3. The molecule has 2 atom stereocenters. The summed E-state index contributed by atoms with van der Waals surface area (Å²) in [4.78, 5) is 12.3. The molecule has 1 aliphatic rings. The summed E-state index contributed by atoms with van der Waals surface area (Å²) in [7, 11) is 1.66. The van der Waals surface area contributed by atoms with Crippen LogP contribution in [-0.2, 0) is 4.79 Å². The first-order valence-electron chi connectivity index (χ1n) is 7.27. The number of carbonyl (C=O) groups is 1. The van der Waals surface area contributed by atoms with Crippen LogP contribution in [-0.4, -0.2) is 26.1 Å². The number of hydrogen-bond donors (Lipinski definition) is 2. The topological polar surface area (TPSA) is 50.4 Å². The second kappa shape index (κ2) is 6.75. The number of hydrogen-bond acceptors (Lipinski definition) is 3. The van der Waals surface area contributed by atoms with Crippen LogP contribution in [0.3, 0.4) is 0 Å². The van der Waals surface area contributed by atoms with E-state index in [1.165, 1.54) is 5.56 Å². The molecule has 0 radical (unpaired) electrons. The predicted octanol–water partition coefficient (Wildman–Crippen LogP) is 2.18. The number of piperidine rings is 1. The fourth-order valence-electron chi connectivity index (χ4n) is 2.68. The molecule has 110 valence electrons. The maximum Gasteiger partial charge on any atom is 0.224 e. The third-order valence-corrected chi connectivity index (χ3v) is 3.88. The number of methoxy groups -OCH3 is 1. The summed E-state index contributed by atoms with van der Waals surface area (Å²) >= 11 is 0. The van der Waals surface area contributed by atoms with E-state index in [-0.39, 0.29) is 17.9 Å². The van der Waals surface area contributed by atoms with E-state index in [1.54, 1.807) is 7.11 Å². The van der Waals surface area contributed by atoms with E-state index in [2.05, 4.69) is 16.7 Å². The molecule has 0 saturated carbocycles.